The van der Waals surface area contributed by atoms with Gasteiger partial charge in [-0.1, -0.05) is 94.5 Å². The van der Waals surface area contributed by atoms with Crippen LogP contribution in [0.3, 0.4) is 0 Å². The van der Waals surface area contributed by atoms with Crippen molar-refractivity contribution in [2.45, 2.75) is 84.0 Å². The van der Waals surface area contributed by atoms with Gasteiger partial charge >= 0.3 is 0 Å². The average molecular weight is 349 g/mol. The van der Waals surface area contributed by atoms with Crippen LogP contribution in [0.15, 0.2) is 48.5 Å². The summed E-state index contributed by atoms with van der Waals surface area (Å²) in [6.07, 6.45) is 13.7. The Labute approximate surface area is 161 Å². The van der Waals surface area contributed by atoms with Gasteiger partial charge in [0.05, 0.1) is 0 Å². The van der Waals surface area contributed by atoms with Crippen molar-refractivity contribution in [3.05, 3.63) is 59.7 Å². The first kappa shape index (κ1) is 19.2. The lowest BCUT2D eigenvalue weighted by molar-refractivity contribution is 0.303. The van der Waals surface area contributed by atoms with E-state index in [2.05, 4.69) is 62.4 Å². The molecule has 1 fully saturated rings. The van der Waals surface area contributed by atoms with Crippen molar-refractivity contribution in [3.63, 3.8) is 0 Å². The van der Waals surface area contributed by atoms with Gasteiger partial charge in [-0.2, -0.15) is 0 Å². The minimum atomic E-state index is 0.790. The molecule has 0 radical (unpaired) electrons. The Balaban J connectivity index is 1.55. The van der Waals surface area contributed by atoms with Gasteiger partial charge in [0.25, 0.3) is 0 Å². The Hall–Kier alpha value is -1.56. The van der Waals surface area contributed by atoms with Gasteiger partial charge in [0.1, 0.15) is 0 Å². The largest absolute Gasteiger partial charge is 0.0654 e. The predicted octanol–water partition coefficient (Wildman–Crippen LogP) is 8.16. The Bertz CT molecular complexity index is 627. The first-order valence-corrected chi connectivity index (χ1v) is 11.0. The molecule has 0 nitrogen and oxygen atoms in total. The zero-order valence-corrected chi connectivity index (χ0v) is 16.8. The lowest BCUT2D eigenvalue weighted by Crippen LogP contribution is -2.13. The van der Waals surface area contributed by atoms with Crippen LogP contribution >= 0.6 is 0 Å². The van der Waals surface area contributed by atoms with Crippen LogP contribution in [-0.4, -0.2) is 0 Å². The summed E-state index contributed by atoms with van der Waals surface area (Å²) in [4.78, 5) is 0. The first-order chi connectivity index (χ1) is 12.8. The summed E-state index contributed by atoms with van der Waals surface area (Å²) in [6, 6.07) is 18.6. The van der Waals surface area contributed by atoms with E-state index in [1.807, 2.05) is 0 Å². The third-order valence-electron chi connectivity index (χ3n) is 6.27. The minimum Gasteiger partial charge on any atom is -0.0654 e. The smallest absolute Gasteiger partial charge is 0.0162 e. The zero-order valence-electron chi connectivity index (χ0n) is 16.8. The molecular weight excluding hydrogens is 312 g/mol. The van der Waals surface area contributed by atoms with Gasteiger partial charge in [-0.05, 0) is 66.2 Å². The predicted molar refractivity (Wildman–Crippen MR) is 115 cm³/mol. The summed E-state index contributed by atoms with van der Waals surface area (Å²) < 4.78 is 0. The number of rotatable bonds is 8. The van der Waals surface area contributed by atoms with Crippen molar-refractivity contribution in [2.75, 3.05) is 0 Å². The number of unbranched alkanes of at least 4 members (excludes halogenated alkanes) is 2. The summed E-state index contributed by atoms with van der Waals surface area (Å²) in [5, 5.41) is 0. The standard InChI is InChI=1S/C26H36/c1-3-5-6-8-22-11-15-24(16-12-22)26-19-17-25(18-20-26)23-13-9-21(7-4-2)10-14-23/h9-10,13-14,17-20,22,24H,3-8,11-12,15-16H2,1-2H3. The monoisotopic (exact) mass is 348 g/mol. The van der Waals surface area contributed by atoms with E-state index in [0.717, 1.165) is 11.8 Å². The fraction of sp³-hybridized carbons (Fsp3) is 0.538. The topological polar surface area (TPSA) is 0 Å². The number of hydrogen-bond acceptors (Lipinski definition) is 0. The Morgan fingerprint density at radius 3 is 1.88 bits per heavy atom. The molecule has 0 heterocycles. The van der Waals surface area contributed by atoms with E-state index in [1.54, 1.807) is 5.56 Å². The van der Waals surface area contributed by atoms with Crippen molar-refractivity contribution in [3.8, 4) is 11.1 Å². The summed E-state index contributed by atoms with van der Waals surface area (Å²) in [5.41, 5.74) is 5.70. The molecule has 0 heteroatoms. The van der Waals surface area contributed by atoms with Crippen LogP contribution in [0.5, 0.6) is 0 Å². The van der Waals surface area contributed by atoms with Gasteiger partial charge in [-0.3, -0.25) is 0 Å². The molecule has 0 aliphatic heterocycles. The van der Waals surface area contributed by atoms with Gasteiger partial charge in [0.15, 0.2) is 0 Å². The van der Waals surface area contributed by atoms with Gasteiger partial charge in [-0.15, -0.1) is 0 Å². The Kier molecular flexibility index (Phi) is 7.35. The molecule has 1 aliphatic carbocycles. The molecule has 0 aromatic heterocycles. The third kappa shape index (κ3) is 5.22. The average Bonchev–Trinajstić information content (AvgIpc) is 2.70. The van der Waals surface area contributed by atoms with E-state index in [1.165, 1.54) is 80.9 Å². The van der Waals surface area contributed by atoms with E-state index in [4.69, 9.17) is 0 Å². The van der Waals surface area contributed by atoms with Gasteiger partial charge in [-0.25, -0.2) is 0 Å². The van der Waals surface area contributed by atoms with Crippen molar-refractivity contribution < 1.29 is 0 Å². The van der Waals surface area contributed by atoms with Crippen LogP contribution in [0.1, 0.15) is 88.7 Å². The minimum absolute atomic E-state index is 0.790. The van der Waals surface area contributed by atoms with E-state index < -0.39 is 0 Å². The quantitative estimate of drug-likeness (QED) is 0.422. The molecule has 26 heavy (non-hydrogen) atoms. The molecule has 1 aliphatic rings. The van der Waals surface area contributed by atoms with E-state index in [-0.39, 0.29) is 0 Å². The second-order valence-electron chi connectivity index (χ2n) is 8.28. The molecular formula is C26H36. The molecule has 0 amide bonds. The lowest BCUT2D eigenvalue weighted by Gasteiger charge is -2.29. The lowest BCUT2D eigenvalue weighted by atomic mass is 9.77. The van der Waals surface area contributed by atoms with E-state index in [0.29, 0.717) is 0 Å². The normalized spacial score (nSPS) is 20.2. The van der Waals surface area contributed by atoms with Gasteiger partial charge in [0.2, 0.25) is 0 Å². The summed E-state index contributed by atoms with van der Waals surface area (Å²) >= 11 is 0. The molecule has 0 bridgehead atoms. The van der Waals surface area contributed by atoms with Crippen LogP contribution in [0.2, 0.25) is 0 Å². The van der Waals surface area contributed by atoms with Gasteiger partial charge < -0.3 is 0 Å². The maximum Gasteiger partial charge on any atom is -0.0162 e. The summed E-state index contributed by atoms with van der Waals surface area (Å²) in [5.74, 6) is 1.79. The van der Waals surface area contributed by atoms with Crippen molar-refractivity contribution >= 4 is 0 Å². The van der Waals surface area contributed by atoms with Crippen LogP contribution in [-0.2, 0) is 6.42 Å². The molecule has 1 saturated carbocycles. The SMILES string of the molecule is CCCCCC1CCC(c2ccc(-c3ccc(CCC)cc3)cc2)CC1. The summed E-state index contributed by atoms with van der Waals surface area (Å²) in [7, 11) is 0. The molecule has 2 aromatic carbocycles. The molecule has 0 saturated heterocycles. The maximum absolute atomic E-state index is 2.39. The maximum atomic E-state index is 2.39. The number of hydrogen-bond donors (Lipinski definition) is 0. The molecule has 0 spiro atoms. The van der Waals surface area contributed by atoms with Gasteiger partial charge in [0, 0.05) is 0 Å². The number of benzene rings is 2. The highest BCUT2D eigenvalue weighted by Gasteiger charge is 2.21. The summed E-state index contributed by atoms with van der Waals surface area (Å²) in [6.45, 7) is 4.55. The molecule has 2 aromatic rings. The second-order valence-corrected chi connectivity index (χ2v) is 8.28. The molecule has 0 unspecified atom stereocenters. The fourth-order valence-electron chi connectivity index (χ4n) is 4.57. The van der Waals surface area contributed by atoms with E-state index in [9.17, 15) is 0 Å². The molecule has 0 atom stereocenters. The Morgan fingerprint density at radius 2 is 1.31 bits per heavy atom. The Morgan fingerprint density at radius 1 is 0.692 bits per heavy atom. The van der Waals surface area contributed by atoms with Crippen LogP contribution in [0.4, 0.5) is 0 Å². The molecule has 3 rings (SSSR count). The molecule has 0 N–H and O–H groups in total. The molecule has 140 valence electrons. The van der Waals surface area contributed by atoms with Crippen molar-refractivity contribution in [2.24, 2.45) is 5.92 Å². The zero-order chi connectivity index (χ0) is 18.2. The highest BCUT2D eigenvalue weighted by molar-refractivity contribution is 5.64. The van der Waals surface area contributed by atoms with Crippen molar-refractivity contribution in [1.82, 2.24) is 0 Å². The fourth-order valence-corrected chi connectivity index (χ4v) is 4.57. The highest BCUT2D eigenvalue weighted by atomic mass is 14.3. The van der Waals surface area contributed by atoms with Crippen molar-refractivity contribution in [1.29, 1.82) is 0 Å². The number of aryl methyl sites for hydroxylation is 1. The van der Waals surface area contributed by atoms with Crippen LogP contribution in [0.25, 0.3) is 11.1 Å². The first-order valence-electron chi connectivity index (χ1n) is 11.0. The third-order valence-corrected chi connectivity index (χ3v) is 6.27. The van der Waals surface area contributed by atoms with Crippen LogP contribution < -0.4 is 0 Å². The second kappa shape index (κ2) is 9.95. The van der Waals surface area contributed by atoms with Crippen LogP contribution in [0, 0.1) is 5.92 Å². The highest BCUT2D eigenvalue weighted by Crippen LogP contribution is 2.38. The van der Waals surface area contributed by atoms with E-state index >= 15 is 0 Å².